The quantitative estimate of drug-likeness (QED) is 0.854. The smallest absolute Gasteiger partial charge is 0.339 e. The molecule has 2 unspecified atom stereocenters. The van der Waals surface area contributed by atoms with Crippen molar-refractivity contribution in [3.8, 4) is 0 Å². The molecule has 0 saturated carbocycles. The molecule has 1 fully saturated rings. The Morgan fingerprint density at radius 1 is 1.67 bits per heavy atom. The Morgan fingerprint density at radius 2 is 2.44 bits per heavy atom. The predicted octanol–water partition coefficient (Wildman–Crippen LogP) is 1.93. The van der Waals surface area contributed by atoms with Gasteiger partial charge in [-0.15, -0.1) is 0 Å². The Hall–Kier alpha value is -1.62. The molecular weight excluding hydrogens is 232 g/mol. The van der Waals surface area contributed by atoms with Crippen LogP contribution in [0.4, 0.5) is 5.82 Å². The topological polar surface area (TPSA) is 71.5 Å². The number of hydrogen-bond acceptors (Lipinski definition) is 4. The number of aromatic carboxylic acids is 1. The summed E-state index contributed by atoms with van der Waals surface area (Å²) in [6.07, 6.45) is 2.63. The predicted molar refractivity (Wildman–Crippen MR) is 67.9 cm³/mol. The minimum Gasteiger partial charge on any atom is -0.478 e. The Morgan fingerprint density at radius 3 is 3.06 bits per heavy atom. The molecule has 2 atom stereocenters. The van der Waals surface area contributed by atoms with Gasteiger partial charge in [0.2, 0.25) is 0 Å². The van der Waals surface area contributed by atoms with Gasteiger partial charge < -0.3 is 15.2 Å². The summed E-state index contributed by atoms with van der Waals surface area (Å²) in [6, 6.07) is 1.86. The fourth-order valence-electron chi connectivity index (χ4n) is 2.22. The summed E-state index contributed by atoms with van der Waals surface area (Å²) in [7, 11) is 0. The van der Waals surface area contributed by atoms with Crippen LogP contribution in [0, 0.1) is 12.8 Å². The van der Waals surface area contributed by atoms with Gasteiger partial charge in [-0.1, -0.05) is 0 Å². The molecular formula is C13H18N2O3. The number of rotatable bonds is 4. The van der Waals surface area contributed by atoms with Crippen LogP contribution < -0.4 is 5.32 Å². The van der Waals surface area contributed by atoms with Crippen LogP contribution in [0.25, 0.3) is 0 Å². The van der Waals surface area contributed by atoms with Crippen LogP contribution in [0.15, 0.2) is 12.3 Å². The SMILES string of the molecule is Cc1ccnc(NC(C)C2CCOC2)c1C(=O)O. The maximum atomic E-state index is 11.2. The van der Waals surface area contributed by atoms with Gasteiger partial charge in [-0.25, -0.2) is 9.78 Å². The maximum absolute atomic E-state index is 11.2. The molecule has 0 aliphatic carbocycles. The highest BCUT2D eigenvalue weighted by Gasteiger charge is 2.24. The van der Waals surface area contributed by atoms with Crippen LogP contribution in [0.3, 0.4) is 0 Å². The molecule has 1 aliphatic rings. The third-order valence-corrected chi connectivity index (χ3v) is 3.41. The third-order valence-electron chi connectivity index (χ3n) is 3.41. The standard InChI is InChI=1S/C13H18N2O3/c1-8-3-5-14-12(11(8)13(16)17)15-9(2)10-4-6-18-7-10/h3,5,9-10H,4,6-7H2,1-2H3,(H,14,15)(H,16,17). The van der Waals surface area contributed by atoms with Crippen LogP contribution in [0.5, 0.6) is 0 Å². The summed E-state index contributed by atoms with van der Waals surface area (Å²) >= 11 is 0. The summed E-state index contributed by atoms with van der Waals surface area (Å²) in [5.41, 5.74) is 0.970. The average molecular weight is 250 g/mol. The van der Waals surface area contributed by atoms with E-state index in [1.54, 1.807) is 19.2 Å². The lowest BCUT2D eigenvalue weighted by Crippen LogP contribution is -2.27. The van der Waals surface area contributed by atoms with Crippen LogP contribution in [0.1, 0.15) is 29.3 Å². The summed E-state index contributed by atoms with van der Waals surface area (Å²) in [4.78, 5) is 15.4. The highest BCUT2D eigenvalue weighted by Crippen LogP contribution is 2.22. The lowest BCUT2D eigenvalue weighted by Gasteiger charge is -2.21. The molecule has 0 amide bonds. The van der Waals surface area contributed by atoms with E-state index in [4.69, 9.17) is 4.74 Å². The van der Waals surface area contributed by atoms with E-state index >= 15 is 0 Å². The number of anilines is 1. The number of aryl methyl sites for hydroxylation is 1. The maximum Gasteiger partial charge on any atom is 0.339 e. The average Bonchev–Trinajstić information content (AvgIpc) is 2.81. The Balaban J connectivity index is 2.17. The van der Waals surface area contributed by atoms with Gasteiger partial charge in [-0.3, -0.25) is 0 Å². The Bertz CT molecular complexity index is 442. The molecule has 18 heavy (non-hydrogen) atoms. The zero-order valence-corrected chi connectivity index (χ0v) is 10.6. The Labute approximate surface area is 106 Å². The van der Waals surface area contributed by atoms with Gasteiger partial charge in [-0.2, -0.15) is 0 Å². The number of nitrogens with zero attached hydrogens (tertiary/aromatic N) is 1. The number of pyridine rings is 1. The minimum absolute atomic E-state index is 0.153. The molecule has 1 aliphatic heterocycles. The first-order valence-electron chi connectivity index (χ1n) is 6.12. The number of carboxylic acid groups (broad SMARTS) is 1. The van der Waals surface area contributed by atoms with E-state index in [1.807, 2.05) is 6.92 Å². The van der Waals surface area contributed by atoms with Crippen LogP contribution in [-0.4, -0.2) is 35.3 Å². The number of hydrogen-bond donors (Lipinski definition) is 2. The number of carbonyl (C=O) groups is 1. The van der Waals surface area contributed by atoms with Crippen molar-refractivity contribution in [2.75, 3.05) is 18.5 Å². The second-order valence-corrected chi connectivity index (χ2v) is 4.71. The molecule has 2 rings (SSSR count). The molecule has 98 valence electrons. The lowest BCUT2D eigenvalue weighted by molar-refractivity contribution is 0.0696. The molecule has 2 heterocycles. The second kappa shape index (κ2) is 5.35. The van der Waals surface area contributed by atoms with E-state index in [1.165, 1.54) is 0 Å². The van der Waals surface area contributed by atoms with E-state index in [9.17, 15) is 9.90 Å². The van der Waals surface area contributed by atoms with Gasteiger partial charge in [0, 0.05) is 24.8 Å². The molecule has 0 aromatic carbocycles. The number of nitrogens with one attached hydrogen (secondary N) is 1. The normalized spacial score (nSPS) is 20.7. The zero-order valence-electron chi connectivity index (χ0n) is 10.6. The van der Waals surface area contributed by atoms with E-state index in [2.05, 4.69) is 10.3 Å². The summed E-state index contributed by atoms with van der Waals surface area (Å²) in [5.74, 6) is -0.0890. The first-order chi connectivity index (χ1) is 8.59. The largest absolute Gasteiger partial charge is 0.478 e. The first-order valence-corrected chi connectivity index (χ1v) is 6.12. The van der Waals surface area contributed by atoms with Gasteiger partial charge in [0.25, 0.3) is 0 Å². The molecule has 1 aromatic rings. The number of carboxylic acids is 1. The molecule has 5 nitrogen and oxygen atoms in total. The molecule has 5 heteroatoms. The zero-order chi connectivity index (χ0) is 13.1. The van der Waals surface area contributed by atoms with Crippen molar-refractivity contribution >= 4 is 11.8 Å². The number of ether oxygens (including phenoxy) is 1. The van der Waals surface area contributed by atoms with Crippen LogP contribution in [-0.2, 0) is 4.74 Å². The van der Waals surface area contributed by atoms with Crippen molar-refractivity contribution in [2.24, 2.45) is 5.92 Å². The summed E-state index contributed by atoms with van der Waals surface area (Å²) in [5, 5.41) is 12.4. The van der Waals surface area contributed by atoms with Gasteiger partial charge >= 0.3 is 5.97 Å². The summed E-state index contributed by atoms with van der Waals surface area (Å²) < 4.78 is 5.34. The van der Waals surface area contributed by atoms with Crippen LogP contribution in [0.2, 0.25) is 0 Å². The molecule has 2 N–H and O–H groups in total. The highest BCUT2D eigenvalue weighted by molar-refractivity contribution is 5.94. The first kappa shape index (κ1) is 12.8. The second-order valence-electron chi connectivity index (χ2n) is 4.71. The molecule has 1 aromatic heterocycles. The van der Waals surface area contributed by atoms with Crippen LogP contribution >= 0.6 is 0 Å². The van der Waals surface area contributed by atoms with Crippen molar-refractivity contribution in [1.82, 2.24) is 4.98 Å². The number of aromatic nitrogens is 1. The molecule has 1 saturated heterocycles. The highest BCUT2D eigenvalue weighted by atomic mass is 16.5. The monoisotopic (exact) mass is 250 g/mol. The van der Waals surface area contributed by atoms with E-state index in [0.717, 1.165) is 25.2 Å². The van der Waals surface area contributed by atoms with E-state index in [0.29, 0.717) is 11.7 Å². The van der Waals surface area contributed by atoms with E-state index in [-0.39, 0.29) is 11.6 Å². The minimum atomic E-state index is -0.946. The van der Waals surface area contributed by atoms with Gasteiger partial charge in [0.1, 0.15) is 11.4 Å². The van der Waals surface area contributed by atoms with Gasteiger partial charge in [0.15, 0.2) is 0 Å². The fourth-order valence-corrected chi connectivity index (χ4v) is 2.22. The third kappa shape index (κ3) is 2.61. The Kier molecular flexibility index (Phi) is 3.81. The van der Waals surface area contributed by atoms with Crippen molar-refractivity contribution in [3.05, 3.63) is 23.4 Å². The van der Waals surface area contributed by atoms with Crippen molar-refractivity contribution in [1.29, 1.82) is 0 Å². The molecule has 0 radical (unpaired) electrons. The van der Waals surface area contributed by atoms with Crippen molar-refractivity contribution in [2.45, 2.75) is 26.3 Å². The fraction of sp³-hybridized carbons (Fsp3) is 0.538. The van der Waals surface area contributed by atoms with E-state index < -0.39 is 5.97 Å². The van der Waals surface area contributed by atoms with Crippen molar-refractivity contribution in [3.63, 3.8) is 0 Å². The molecule has 0 bridgehead atoms. The van der Waals surface area contributed by atoms with Gasteiger partial charge in [-0.05, 0) is 31.9 Å². The lowest BCUT2D eigenvalue weighted by atomic mass is 10.0. The van der Waals surface area contributed by atoms with Crippen molar-refractivity contribution < 1.29 is 14.6 Å². The van der Waals surface area contributed by atoms with Gasteiger partial charge in [0.05, 0.1) is 6.61 Å². The summed E-state index contributed by atoms with van der Waals surface area (Å²) in [6.45, 7) is 5.32. The molecule has 0 spiro atoms.